The Bertz CT molecular complexity index is 4000. The summed E-state index contributed by atoms with van der Waals surface area (Å²) in [6, 6.07) is 74.5. The molecule has 14 rings (SSSR count). The Morgan fingerprint density at radius 2 is 0.703 bits per heavy atom. The van der Waals surface area contributed by atoms with Crippen molar-refractivity contribution in [3.05, 3.63) is 224 Å². The number of para-hydroxylation sites is 7. The van der Waals surface area contributed by atoms with Crippen molar-refractivity contribution >= 4 is 87.2 Å². The van der Waals surface area contributed by atoms with Crippen LogP contribution in [-0.4, -0.2) is 18.3 Å². The Hall–Kier alpha value is -8.34. The highest BCUT2D eigenvalue weighted by atomic mass is 15.0. The summed E-state index contributed by atoms with van der Waals surface area (Å²) < 4.78 is 10.1. The Balaban J connectivity index is 1.22. The van der Waals surface area contributed by atoms with Gasteiger partial charge in [-0.1, -0.05) is 152 Å². The monoisotopic (exact) mass is 816 g/mol. The van der Waals surface area contributed by atoms with E-state index in [1.807, 2.05) is 0 Å². The van der Waals surface area contributed by atoms with Crippen LogP contribution in [0.25, 0.3) is 115 Å². The van der Waals surface area contributed by atoms with Gasteiger partial charge in [0.15, 0.2) is 0 Å². The van der Waals surface area contributed by atoms with E-state index in [2.05, 4.69) is 243 Å². The fraction of sp³-hybridized carbons (Fsp3) is 0.0333. The molecule has 300 valence electrons. The molecule has 1 aliphatic carbocycles. The zero-order valence-electron chi connectivity index (χ0n) is 34.9. The topological polar surface area (TPSA) is 19.7 Å². The molecule has 0 saturated carbocycles. The second-order valence-electron chi connectivity index (χ2n) is 17.2. The first-order chi connectivity index (χ1) is 31.8. The van der Waals surface area contributed by atoms with Gasteiger partial charge in [0.2, 0.25) is 0 Å². The number of nitrogens with zero attached hydrogens (tertiary/aromatic N) is 4. The van der Waals surface area contributed by atoms with E-state index in [4.69, 9.17) is 0 Å². The summed E-state index contributed by atoms with van der Waals surface area (Å²) in [5.74, 6) is 0. The van der Waals surface area contributed by atoms with Crippen molar-refractivity contribution < 1.29 is 0 Å². The lowest BCUT2D eigenvalue weighted by Crippen LogP contribution is -2.07. The summed E-state index contributed by atoms with van der Waals surface area (Å²) in [5.41, 5.74) is 15.3. The minimum absolute atomic E-state index is 0.180. The van der Waals surface area contributed by atoms with Gasteiger partial charge in [-0.25, -0.2) is 0 Å². The average molecular weight is 817 g/mol. The summed E-state index contributed by atoms with van der Waals surface area (Å²) in [6.45, 7) is 0. The van der Waals surface area contributed by atoms with Gasteiger partial charge in [0, 0.05) is 65.4 Å². The Kier molecular flexibility index (Phi) is 7.48. The molecule has 4 heterocycles. The van der Waals surface area contributed by atoms with Gasteiger partial charge >= 0.3 is 0 Å². The van der Waals surface area contributed by atoms with Crippen LogP contribution in [0.15, 0.2) is 224 Å². The highest BCUT2D eigenvalue weighted by Gasteiger charge is 2.26. The van der Waals surface area contributed by atoms with Gasteiger partial charge in [0.1, 0.15) is 0 Å². The molecule has 4 heteroatoms. The van der Waals surface area contributed by atoms with Gasteiger partial charge in [0.25, 0.3) is 0 Å². The SMILES string of the molecule is C1=CCC(n2c3ccccc3c3cc(-n4c5ccccc5c5ccccc54)c(-c4cc5c(cc4-n4c6ccccc6c6ccccc64)c4ccccc4n5-c4ccccc4)cc32)C=C1. The molecule has 0 radical (unpaired) electrons. The van der Waals surface area contributed by atoms with E-state index in [1.165, 1.54) is 92.8 Å². The van der Waals surface area contributed by atoms with E-state index in [0.29, 0.717) is 0 Å². The van der Waals surface area contributed by atoms with Crippen molar-refractivity contribution in [1.29, 1.82) is 0 Å². The molecule has 64 heavy (non-hydrogen) atoms. The van der Waals surface area contributed by atoms with Crippen molar-refractivity contribution in [3.63, 3.8) is 0 Å². The zero-order valence-corrected chi connectivity index (χ0v) is 34.9. The molecule has 0 bridgehead atoms. The van der Waals surface area contributed by atoms with Crippen molar-refractivity contribution in [3.8, 4) is 28.2 Å². The number of benzene rings is 9. The lowest BCUT2D eigenvalue weighted by molar-refractivity contribution is 0.648. The summed E-state index contributed by atoms with van der Waals surface area (Å²) >= 11 is 0. The Morgan fingerprint density at radius 3 is 1.19 bits per heavy atom. The van der Waals surface area contributed by atoms with Crippen LogP contribution in [0.1, 0.15) is 12.5 Å². The van der Waals surface area contributed by atoms with Crippen LogP contribution in [0.3, 0.4) is 0 Å². The quantitative estimate of drug-likeness (QED) is 0.165. The molecule has 0 fully saturated rings. The maximum Gasteiger partial charge on any atom is 0.0560 e. The van der Waals surface area contributed by atoms with Gasteiger partial charge in [-0.2, -0.15) is 0 Å². The maximum atomic E-state index is 2.59. The normalized spacial score (nSPS) is 14.2. The third kappa shape index (κ3) is 4.93. The third-order valence-electron chi connectivity index (χ3n) is 13.9. The zero-order chi connectivity index (χ0) is 41.9. The first-order valence-electron chi connectivity index (χ1n) is 22.3. The number of allylic oxidation sites excluding steroid dienone is 4. The van der Waals surface area contributed by atoms with Crippen molar-refractivity contribution in [2.24, 2.45) is 0 Å². The van der Waals surface area contributed by atoms with E-state index in [0.717, 1.165) is 29.0 Å². The fourth-order valence-corrected chi connectivity index (χ4v) is 11.2. The largest absolute Gasteiger partial charge is 0.333 e. The molecule has 0 amide bonds. The third-order valence-corrected chi connectivity index (χ3v) is 13.9. The molecule has 4 nitrogen and oxygen atoms in total. The van der Waals surface area contributed by atoms with Crippen LogP contribution in [0.2, 0.25) is 0 Å². The molecule has 1 unspecified atom stereocenters. The molecule has 4 aromatic heterocycles. The number of fused-ring (bicyclic) bond motifs is 12. The highest BCUT2D eigenvalue weighted by molar-refractivity contribution is 6.17. The van der Waals surface area contributed by atoms with Crippen LogP contribution < -0.4 is 0 Å². The smallest absolute Gasteiger partial charge is 0.0560 e. The molecular weight excluding hydrogens is 777 g/mol. The van der Waals surface area contributed by atoms with Crippen LogP contribution in [0.4, 0.5) is 0 Å². The molecule has 0 spiro atoms. The van der Waals surface area contributed by atoms with Gasteiger partial charge < -0.3 is 18.3 Å². The van der Waals surface area contributed by atoms with E-state index < -0.39 is 0 Å². The summed E-state index contributed by atoms with van der Waals surface area (Å²) in [7, 11) is 0. The average Bonchev–Trinajstić information content (AvgIpc) is 4.08. The minimum Gasteiger partial charge on any atom is -0.333 e. The predicted molar refractivity (Wildman–Crippen MR) is 270 cm³/mol. The molecule has 1 atom stereocenters. The lowest BCUT2D eigenvalue weighted by Gasteiger charge is -2.22. The minimum atomic E-state index is 0.180. The van der Waals surface area contributed by atoms with E-state index in [9.17, 15) is 0 Å². The number of hydrogen-bond donors (Lipinski definition) is 0. The van der Waals surface area contributed by atoms with Crippen LogP contribution in [0, 0.1) is 0 Å². The van der Waals surface area contributed by atoms with Crippen molar-refractivity contribution in [2.45, 2.75) is 12.5 Å². The summed E-state index contributed by atoms with van der Waals surface area (Å²) in [5, 5.41) is 9.92. The molecule has 9 aromatic carbocycles. The second-order valence-corrected chi connectivity index (χ2v) is 17.2. The summed E-state index contributed by atoms with van der Waals surface area (Å²) in [6.07, 6.45) is 9.98. The lowest BCUT2D eigenvalue weighted by atomic mass is 9.96. The van der Waals surface area contributed by atoms with Gasteiger partial charge in [-0.05, 0) is 79.2 Å². The summed E-state index contributed by atoms with van der Waals surface area (Å²) in [4.78, 5) is 0. The number of hydrogen-bond acceptors (Lipinski definition) is 0. The fourth-order valence-electron chi connectivity index (χ4n) is 11.2. The molecule has 0 N–H and O–H groups in total. The van der Waals surface area contributed by atoms with E-state index >= 15 is 0 Å². The highest BCUT2D eigenvalue weighted by Crippen LogP contribution is 2.47. The van der Waals surface area contributed by atoms with Crippen molar-refractivity contribution in [2.75, 3.05) is 0 Å². The predicted octanol–water partition coefficient (Wildman–Crippen LogP) is 15.8. The van der Waals surface area contributed by atoms with Gasteiger partial charge in [0.05, 0.1) is 56.0 Å². The van der Waals surface area contributed by atoms with Gasteiger partial charge in [-0.15, -0.1) is 0 Å². The first kappa shape index (κ1) is 35.3. The number of aromatic nitrogens is 4. The van der Waals surface area contributed by atoms with E-state index in [1.54, 1.807) is 0 Å². The molecule has 0 aliphatic heterocycles. The maximum absolute atomic E-state index is 2.59. The second kappa shape index (κ2) is 13.6. The Morgan fingerprint density at radius 1 is 0.312 bits per heavy atom. The number of rotatable bonds is 5. The van der Waals surface area contributed by atoms with Crippen LogP contribution >= 0.6 is 0 Å². The molecular formula is C60H40N4. The standard InChI is InChI=1S/C60H40N4/c1-3-19-39(20-4-1)61-51-29-13-11-27-45(51)47-35-59(63-53-31-15-7-23-41(53)42-24-8-16-32-54(42)63)49(37-57(47)61)50-38-58-48(46-28-12-14-30-52(46)62(58)40-21-5-2-6-22-40)36-60(50)64-55-33-17-9-25-43(55)44-26-10-18-34-56(44)64/h1-21,23-38,40H,22H2. The van der Waals surface area contributed by atoms with Gasteiger partial charge in [-0.3, -0.25) is 0 Å². The van der Waals surface area contributed by atoms with Crippen LogP contribution in [-0.2, 0) is 0 Å². The van der Waals surface area contributed by atoms with E-state index in [-0.39, 0.29) is 6.04 Å². The molecule has 1 aliphatic rings. The molecule has 0 saturated heterocycles. The van der Waals surface area contributed by atoms with Crippen LogP contribution in [0.5, 0.6) is 0 Å². The molecule has 13 aromatic rings. The first-order valence-corrected chi connectivity index (χ1v) is 22.3. The Labute approximate surface area is 369 Å². The van der Waals surface area contributed by atoms with Crippen molar-refractivity contribution in [1.82, 2.24) is 18.3 Å².